The molecule has 1 nitrogen and oxygen atoms in total. The fourth-order valence-corrected chi connectivity index (χ4v) is 1.61. The Morgan fingerprint density at radius 2 is 2.36 bits per heavy atom. The summed E-state index contributed by atoms with van der Waals surface area (Å²) in [6, 6.07) is 2.30. The standard InChI is InChI=1S/C9H12BN/c1-7-4-8-2-3-11-6-9(8)5-10-7/h4-5,11H,2-3,6H2,1H3. The maximum absolute atomic E-state index is 3.36. The molecule has 0 unspecified atom stereocenters. The Morgan fingerprint density at radius 3 is 3.27 bits per heavy atom. The van der Waals surface area contributed by atoms with Crippen LogP contribution in [0.2, 0.25) is 0 Å². The van der Waals surface area contributed by atoms with Crippen LogP contribution in [0.1, 0.15) is 16.6 Å². The SMILES string of the molecule is Cc1bcc2c(c1)CCNC2. The summed E-state index contributed by atoms with van der Waals surface area (Å²) in [5, 5.41) is 3.36. The van der Waals surface area contributed by atoms with Gasteiger partial charge in [0.25, 0.3) is 0 Å². The zero-order valence-electron chi connectivity index (χ0n) is 6.85. The van der Waals surface area contributed by atoms with Crippen LogP contribution in [-0.2, 0) is 13.0 Å². The molecule has 0 bridgehead atoms. The van der Waals surface area contributed by atoms with Crippen molar-refractivity contribution < 1.29 is 0 Å². The molecule has 0 aromatic carbocycles. The van der Waals surface area contributed by atoms with Gasteiger partial charge in [-0.25, -0.2) is 0 Å². The van der Waals surface area contributed by atoms with Gasteiger partial charge in [-0.3, -0.25) is 0 Å². The third-order valence-corrected chi connectivity index (χ3v) is 2.25. The van der Waals surface area contributed by atoms with Crippen molar-refractivity contribution >= 4 is 6.91 Å². The first-order chi connectivity index (χ1) is 5.36. The Bertz CT molecular complexity index is 270. The molecular weight excluding hydrogens is 133 g/mol. The summed E-state index contributed by atoms with van der Waals surface area (Å²) in [7, 11) is 0. The van der Waals surface area contributed by atoms with E-state index in [1.165, 1.54) is 23.0 Å². The molecule has 0 fully saturated rings. The summed E-state index contributed by atoms with van der Waals surface area (Å²) in [5.41, 5.74) is 4.39. The molecule has 1 aromatic rings. The number of hydrogen-bond donors (Lipinski definition) is 1. The fraction of sp³-hybridized carbons (Fsp3) is 0.444. The summed E-state index contributed by atoms with van der Waals surface area (Å²) < 4.78 is 0. The second-order valence-electron chi connectivity index (χ2n) is 3.20. The van der Waals surface area contributed by atoms with Crippen molar-refractivity contribution in [2.75, 3.05) is 6.54 Å². The average molecular weight is 145 g/mol. The van der Waals surface area contributed by atoms with Gasteiger partial charge in [0.2, 0.25) is 0 Å². The molecule has 11 heavy (non-hydrogen) atoms. The summed E-state index contributed by atoms with van der Waals surface area (Å²) in [6.45, 7) is 6.53. The quantitative estimate of drug-likeness (QED) is 0.573. The minimum absolute atomic E-state index is 1.05. The number of rotatable bonds is 0. The Morgan fingerprint density at radius 1 is 1.45 bits per heavy atom. The molecule has 1 aliphatic heterocycles. The molecule has 1 aliphatic rings. The van der Waals surface area contributed by atoms with Crippen LogP contribution in [0.4, 0.5) is 0 Å². The van der Waals surface area contributed by atoms with Crippen molar-refractivity contribution in [1.29, 1.82) is 0 Å². The van der Waals surface area contributed by atoms with Gasteiger partial charge in [-0.2, -0.15) is 0 Å². The van der Waals surface area contributed by atoms with Crippen LogP contribution in [0.5, 0.6) is 0 Å². The first kappa shape index (κ1) is 7.05. The van der Waals surface area contributed by atoms with Crippen LogP contribution in [0.25, 0.3) is 0 Å². The van der Waals surface area contributed by atoms with Gasteiger partial charge in [0.15, 0.2) is 0 Å². The van der Waals surface area contributed by atoms with Crippen LogP contribution in [-0.4, -0.2) is 13.5 Å². The normalized spacial score (nSPS) is 15.7. The van der Waals surface area contributed by atoms with E-state index >= 15 is 0 Å². The summed E-state index contributed by atoms with van der Waals surface area (Å²) in [6.07, 6.45) is 1.19. The summed E-state index contributed by atoms with van der Waals surface area (Å²) >= 11 is 0. The van der Waals surface area contributed by atoms with Crippen LogP contribution in [0.3, 0.4) is 0 Å². The molecule has 2 rings (SSSR count). The van der Waals surface area contributed by atoms with Crippen LogP contribution >= 0.6 is 0 Å². The Labute approximate surface area is 68.0 Å². The fourth-order valence-electron chi connectivity index (χ4n) is 1.61. The van der Waals surface area contributed by atoms with E-state index < -0.39 is 0 Å². The number of aryl methyl sites for hydroxylation is 1. The molecule has 0 saturated heterocycles. The van der Waals surface area contributed by atoms with Crippen LogP contribution < -0.4 is 5.32 Å². The molecule has 0 radical (unpaired) electrons. The van der Waals surface area contributed by atoms with Crippen molar-refractivity contribution in [2.24, 2.45) is 0 Å². The second-order valence-corrected chi connectivity index (χ2v) is 3.20. The molecule has 56 valence electrons. The molecule has 0 aliphatic carbocycles. The van der Waals surface area contributed by atoms with Gasteiger partial charge in [-0.1, -0.05) is 0 Å². The van der Waals surface area contributed by atoms with Gasteiger partial charge in [0, 0.05) is 0 Å². The zero-order chi connectivity index (χ0) is 7.68. The molecular formula is C9H12BN. The zero-order valence-corrected chi connectivity index (χ0v) is 6.85. The van der Waals surface area contributed by atoms with E-state index in [-0.39, 0.29) is 0 Å². The van der Waals surface area contributed by atoms with Crippen molar-refractivity contribution in [1.82, 2.24) is 5.32 Å². The predicted molar refractivity (Wildman–Crippen MR) is 47.9 cm³/mol. The Hall–Kier alpha value is -0.625. The topological polar surface area (TPSA) is 12.0 Å². The van der Waals surface area contributed by atoms with Gasteiger partial charge in [-0.15, -0.1) is 0 Å². The van der Waals surface area contributed by atoms with E-state index in [0.29, 0.717) is 0 Å². The Kier molecular flexibility index (Phi) is 1.78. The first-order valence-corrected chi connectivity index (χ1v) is 4.15. The van der Waals surface area contributed by atoms with Gasteiger partial charge in [0.05, 0.1) is 0 Å². The van der Waals surface area contributed by atoms with Crippen LogP contribution in [0, 0.1) is 6.92 Å². The van der Waals surface area contributed by atoms with Gasteiger partial charge in [-0.05, 0) is 0 Å². The number of fused-ring (bicyclic) bond motifs is 1. The van der Waals surface area contributed by atoms with E-state index in [4.69, 9.17) is 0 Å². The van der Waals surface area contributed by atoms with Crippen LogP contribution in [0.15, 0.2) is 12.0 Å². The molecule has 0 spiro atoms. The van der Waals surface area contributed by atoms with E-state index in [1.54, 1.807) is 0 Å². The average Bonchev–Trinajstić information content (AvgIpc) is 2.04. The van der Waals surface area contributed by atoms with Gasteiger partial charge < -0.3 is 0 Å². The monoisotopic (exact) mass is 145 g/mol. The third kappa shape index (κ3) is 1.36. The van der Waals surface area contributed by atoms with Crippen molar-refractivity contribution in [2.45, 2.75) is 19.9 Å². The molecule has 2 heterocycles. The van der Waals surface area contributed by atoms with Crippen molar-refractivity contribution in [3.05, 3.63) is 28.6 Å². The van der Waals surface area contributed by atoms with Crippen molar-refractivity contribution in [3.8, 4) is 0 Å². The maximum atomic E-state index is 3.36. The molecule has 0 saturated carbocycles. The summed E-state index contributed by atoms with van der Waals surface area (Å²) in [4.78, 5) is 0. The molecule has 1 N–H and O–H groups in total. The molecule has 2 heteroatoms. The van der Waals surface area contributed by atoms with Gasteiger partial charge in [0.1, 0.15) is 0 Å². The molecule has 0 atom stereocenters. The Balaban J connectivity index is 2.43. The first-order valence-electron chi connectivity index (χ1n) is 4.15. The number of hydrogen-bond acceptors (Lipinski definition) is 1. The van der Waals surface area contributed by atoms with E-state index in [9.17, 15) is 0 Å². The number of nitrogens with one attached hydrogen (secondary N) is 1. The summed E-state index contributed by atoms with van der Waals surface area (Å²) in [5.74, 6) is 2.23. The van der Waals surface area contributed by atoms with E-state index in [1.807, 2.05) is 0 Å². The predicted octanol–water partition coefficient (Wildman–Crippen LogP) is 0.979. The molecule has 0 amide bonds. The minimum atomic E-state index is 1.05. The molecule has 1 aromatic heterocycles. The van der Waals surface area contributed by atoms with Gasteiger partial charge >= 0.3 is 67.3 Å². The van der Waals surface area contributed by atoms with E-state index in [0.717, 1.165) is 13.1 Å². The van der Waals surface area contributed by atoms with E-state index in [2.05, 4.69) is 31.2 Å². The third-order valence-electron chi connectivity index (χ3n) is 2.25. The second kappa shape index (κ2) is 2.78. The van der Waals surface area contributed by atoms with Crippen molar-refractivity contribution in [3.63, 3.8) is 0 Å².